The van der Waals surface area contributed by atoms with Crippen LogP contribution < -0.4 is 0 Å². The summed E-state index contributed by atoms with van der Waals surface area (Å²) in [7, 11) is 0. The van der Waals surface area contributed by atoms with Gasteiger partial charge in [-0.05, 0) is 0 Å². The maximum Gasteiger partial charge on any atom is 0.460 e. The zero-order valence-corrected chi connectivity index (χ0v) is 22.1. The molecular weight excluding hydrogens is 706 g/mol. The lowest BCUT2D eigenvalue weighted by Crippen LogP contribution is -2.61. The lowest BCUT2D eigenvalue weighted by Gasteiger charge is -2.35. The number of hydrogen-bond donors (Lipinski definition) is 4. The van der Waals surface area contributed by atoms with Crippen LogP contribution in [0.25, 0.3) is 0 Å². The van der Waals surface area contributed by atoms with Crippen LogP contribution in [0.5, 0.6) is 0 Å². The number of halogens is 18. The van der Waals surface area contributed by atoms with Gasteiger partial charge in [-0.1, -0.05) is 0 Å². The number of nitrogens with zero attached hydrogens (tertiary/aromatic N) is 2. The van der Waals surface area contributed by atoms with Crippen molar-refractivity contribution >= 4 is 11.9 Å². The first kappa shape index (κ1) is 43.5. The van der Waals surface area contributed by atoms with Crippen molar-refractivity contribution in [3.8, 4) is 0 Å². The first-order valence-corrected chi connectivity index (χ1v) is 11.7. The maximum atomic E-state index is 13.8. The van der Waals surface area contributed by atoms with Gasteiger partial charge in [0.2, 0.25) is 0 Å². The van der Waals surface area contributed by atoms with Crippen molar-refractivity contribution in [3.63, 3.8) is 0 Å². The quantitative estimate of drug-likeness (QED) is 0.146. The molecule has 26 heteroatoms. The Labute approximate surface area is 244 Å². The van der Waals surface area contributed by atoms with E-state index < -0.39 is 124 Å². The highest BCUT2D eigenvalue weighted by Crippen LogP contribution is 2.55. The van der Waals surface area contributed by atoms with Crippen molar-refractivity contribution in [2.75, 3.05) is 39.3 Å². The molecule has 0 heterocycles. The predicted octanol–water partition coefficient (Wildman–Crippen LogP) is 4.20. The highest BCUT2D eigenvalue weighted by Gasteiger charge is 2.82. The van der Waals surface area contributed by atoms with Crippen molar-refractivity contribution in [3.05, 3.63) is 0 Å². The zero-order chi connectivity index (χ0) is 37.1. The van der Waals surface area contributed by atoms with Crippen molar-refractivity contribution in [1.29, 1.82) is 0 Å². The molecule has 0 rings (SSSR count). The van der Waals surface area contributed by atoms with Gasteiger partial charge >= 0.3 is 59.8 Å². The van der Waals surface area contributed by atoms with Gasteiger partial charge < -0.3 is 20.4 Å². The SMILES string of the molecule is O=C(O)CN(CCN(CC(=O)O)CC(O)CC(F)(F)C(F)(F)C(F)(F)C(F)(F)F)CC(O)CC(F)(F)C(F)(F)C(F)(F)C(F)(F)F. The molecule has 8 nitrogen and oxygen atoms in total. The van der Waals surface area contributed by atoms with Crippen molar-refractivity contribution in [1.82, 2.24) is 9.80 Å². The number of alkyl halides is 18. The molecule has 0 fully saturated rings. The van der Waals surface area contributed by atoms with E-state index in [4.69, 9.17) is 10.2 Å². The van der Waals surface area contributed by atoms with E-state index in [9.17, 15) is 98.8 Å². The second-order valence-electron chi connectivity index (χ2n) is 9.68. The molecular formula is C20H22F18N2O6. The molecule has 0 aliphatic carbocycles. The van der Waals surface area contributed by atoms with E-state index >= 15 is 0 Å². The summed E-state index contributed by atoms with van der Waals surface area (Å²) in [6.07, 6.45) is -26.2. The highest BCUT2D eigenvalue weighted by molar-refractivity contribution is 5.69. The molecule has 0 amide bonds. The third-order valence-corrected chi connectivity index (χ3v) is 5.79. The summed E-state index contributed by atoms with van der Waals surface area (Å²) in [6, 6.07) is 0. The largest absolute Gasteiger partial charge is 0.480 e. The minimum absolute atomic E-state index is 0.205. The van der Waals surface area contributed by atoms with E-state index in [2.05, 4.69) is 0 Å². The van der Waals surface area contributed by atoms with Crippen LogP contribution in [-0.4, -0.2) is 142 Å². The van der Waals surface area contributed by atoms with Crippen LogP contribution in [0.3, 0.4) is 0 Å². The molecule has 0 aromatic rings. The van der Waals surface area contributed by atoms with E-state index in [0.29, 0.717) is 0 Å². The normalized spacial score (nSPS) is 16.2. The van der Waals surface area contributed by atoms with Gasteiger partial charge in [-0.15, -0.1) is 0 Å². The van der Waals surface area contributed by atoms with E-state index in [1.54, 1.807) is 0 Å². The lowest BCUT2D eigenvalue weighted by atomic mass is 9.98. The molecule has 0 saturated heterocycles. The van der Waals surface area contributed by atoms with Crippen molar-refractivity contribution in [2.45, 2.75) is 72.9 Å². The summed E-state index contributed by atoms with van der Waals surface area (Å²) in [5.74, 6) is -45.6. The van der Waals surface area contributed by atoms with Gasteiger partial charge in [0.15, 0.2) is 0 Å². The van der Waals surface area contributed by atoms with Gasteiger partial charge in [-0.3, -0.25) is 19.4 Å². The number of rotatable bonds is 19. The fourth-order valence-electron chi connectivity index (χ4n) is 3.52. The molecule has 4 N–H and O–H groups in total. The topological polar surface area (TPSA) is 122 Å². The molecule has 46 heavy (non-hydrogen) atoms. The monoisotopic (exact) mass is 728 g/mol. The van der Waals surface area contributed by atoms with Gasteiger partial charge in [0.1, 0.15) is 0 Å². The number of carboxylic acids is 2. The van der Waals surface area contributed by atoms with Crippen LogP contribution in [0.4, 0.5) is 79.0 Å². The van der Waals surface area contributed by atoms with Crippen molar-refractivity contribution < 1.29 is 109 Å². The van der Waals surface area contributed by atoms with Crippen LogP contribution in [0.1, 0.15) is 12.8 Å². The molecule has 0 aliphatic heterocycles. The van der Waals surface area contributed by atoms with Crippen LogP contribution in [0.15, 0.2) is 0 Å². The summed E-state index contributed by atoms with van der Waals surface area (Å²) in [6.45, 7) is -8.26. The fourth-order valence-corrected chi connectivity index (χ4v) is 3.52. The summed E-state index contributed by atoms with van der Waals surface area (Å²) in [4.78, 5) is 22.5. The van der Waals surface area contributed by atoms with E-state index in [-0.39, 0.29) is 9.80 Å². The summed E-state index contributed by atoms with van der Waals surface area (Å²) in [5.41, 5.74) is 0. The molecule has 0 spiro atoms. The summed E-state index contributed by atoms with van der Waals surface area (Å²) >= 11 is 0. The average molecular weight is 728 g/mol. The third kappa shape index (κ3) is 10.0. The molecule has 274 valence electrons. The van der Waals surface area contributed by atoms with E-state index in [1.807, 2.05) is 0 Å². The number of hydrogen-bond acceptors (Lipinski definition) is 6. The second-order valence-corrected chi connectivity index (χ2v) is 9.68. The van der Waals surface area contributed by atoms with E-state index in [0.717, 1.165) is 0 Å². The lowest BCUT2D eigenvalue weighted by molar-refractivity contribution is -0.398. The molecule has 0 aliphatic rings. The van der Waals surface area contributed by atoms with Crippen LogP contribution in [-0.2, 0) is 9.59 Å². The van der Waals surface area contributed by atoms with E-state index in [1.165, 1.54) is 0 Å². The van der Waals surface area contributed by atoms with Crippen LogP contribution >= 0.6 is 0 Å². The average Bonchev–Trinajstić information content (AvgIpc) is 2.78. The standard InChI is InChI=1S/C20H22F18N2O6/c21-13(22,15(25,26)17(29,30)19(33,34)35)3-9(41)5-39(7-11(43)44)1-2-40(8-12(45)46)6-10(42)4-14(23,24)16(27,28)18(31,32)20(36,37)38/h9-10,41-42H,1-8H2,(H,43,44)(H,45,46). The first-order valence-electron chi connectivity index (χ1n) is 11.7. The number of carbonyl (C=O) groups is 2. The Morgan fingerprint density at radius 2 is 0.717 bits per heavy atom. The van der Waals surface area contributed by atoms with Gasteiger partial charge in [0.05, 0.1) is 25.3 Å². The molecule has 0 aromatic carbocycles. The molecule has 0 saturated carbocycles. The van der Waals surface area contributed by atoms with Gasteiger partial charge in [0.25, 0.3) is 0 Å². The Balaban J connectivity index is 5.84. The van der Waals surface area contributed by atoms with Crippen LogP contribution in [0.2, 0.25) is 0 Å². The summed E-state index contributed by atoms with van der Waals surface area (Å²) in [5, 5.41) is 37.1. The third-order valence-electron chi connectivity index (χ3n) is 5.79. The maximum absolute atomic E-state index is 13.8. The summed E-state index contributed by atoms with van der Waals surface area (Å²) < 4.78 is 235. The Hall–Kier alpha value is -2.48. The molecule has 2 unspecified atom stereocenters. The Morgan fingerprint density at radius 3 is 0.913 bits per heavy atom. The second kappa shape index (κ2) is 14.3. The Kier molecular flexibility index (Phi) is 13.6. The number of aliphatic carboxylic acids is 2. The number of aliphatic hydroxyl groups is 2. The zero-order valence-electron chi connectivity index (χ0n) is 22.1. The van der Waals surface area contributed by atoms with Gasteiger partial charge in [0, 0.05) is 39.0 Å². The van der Waals surface area contributed by atoms with Gasteiger partial charge in [-0.25, -0.2) is 0 Å². The van der Waals surface area contributed by atoms with Crippen LogP contribution in [0, 0.1) is 0 Å². The number of aliphatic hydroxyl groups excluding tert-OH is 2. The fraction of sp³-hybridized carbons (Fsp3) is 0.900. The van der Waals surface area contributed by atoms with Gasteiger partial charge in [-0.2, -0.15) is 79.0 Å². The Bertz CT molecular complexity index is 956. The molecule has 2 atom stereocenters. The molecule has 0 aromatic heterocycles. The number of carboxylic acid groups (broad SMARTS) is 2. The van der Waals surface area contributed by atoms with Crippen molar-refractivity contribution in [2.24, 2.45) is 0 Å². The molecule has 0 radical (unpaired) electrons. The first-order chi connectivity index (χ1) is 20.1. The Morgan fingerprint density at radius 1 is 0.478 bits per heavy atom. The minimum Gasteiger partial charge on any atom is -0.480 e. The smallest absolute Gasteiger partial charge is 0.460 e. The molecule has 0 bridgehead atoms. The minimum atomic E-state index is -7.34. The predicted molar refractivity (Wildman–Crippen MR) is 111 cm³/mol. The highest BCUT2D eigenvalue weighted by atomic mass is 19.4.